The van der Waals surface area contributed by atoms with Gasteiger partial charge in [0.2, 0.25) is 5.91 Å². The molecule has 2 atom stereocenters. The van der Waals surface area contributed by atoms with E-state index in [0.717, 1.165) is 58.5 Å². The van der Waals surface area contributed by atoms with E-state index in [4.69, 9.17) is 10.5 Å². The highest BCUT2D eigenvalue weighted by atomic mass is 35.5. The van der Waals surface area contributed by atoms with Crippen molar-refractivity contribution in [2.75, 3.05) is 32.8 Å². The molecule has 2 aliphatic heterocycles. The number of nitrogens with two attached hydrogens (primary N) is 1. The second-order valence-electron chi connectivity index (χ2n) is 6.95. The minimum Gasteiger partial charge on any atom is -0.381 e. The number of nitrogens with one attached hydrogen (secondary N) is 1. The average molecular weight is 334 g/mol. The van der Waals surface area contributed by atoms with Gasteiger partial charge in [0.25, 0.3) is 0 Å². The normalized spacial score (nSPS) is 26.2. The number of likely N-dealkylation sites (tertiary alicyclic amines) is 1. The highest BCUT2D eigenvalue weighted by Crippen LogP contribution is 2.18. The number of hydrogen-bond acceptors (Lipinski definition) is 4. The Morgan fingerprint density at radius 1 is 1.36 bits per heavy atom. The lowest BCUT2D eigenvalue weighted by Gasteiger charge is -2.35. The molecule has 130 valence electrons. The van der Waals surface area contributed by atoms with Crippen LogP contribution < -0.4 is 11.1 Å². The molecule has 1 amide bonds. The molecule has 2 rings (SSSR count). The zero-order chi connectivity index (χ0) is 15.3. The van der Waals surface area contributed by atoms with Gasteiger partial charge in [-0.15, -0.1) is 12.4 Å². The Bertz CT molecular complexity index is 338. The van der Waals surface area contributed by atoms with Crippen molar-refractivity contribution in [3.8, 4) is 0 Å². The lowest BCUT2D eigenvalue weighted by atomic mass is 9.95. The summed E-state index contributed by atoms with van der Waals surface area (Å²) in [6, 6.07) is 0.285. The van der Waals surface area contributed by atoms with E-state index in [1.54, 1.807) is 0 Å². The van der Waals surface area contributed by atoms with Crippen LogP contribution in [0.1, 0.15) is 46.0 Å². The smallest absolute Gasteiger partial charge is 0.240 e. The van der Waals surface area contributed by atoms with Crippen LogP contribution in [0.3, 0.4) is 0 Å². The average Bonchev–Trinajstić information content (AvgIpc) is 2.94. The first-order valence-electron chi connectivity index (χ1n) is 8.41. The number of carbonyl (C=O) groups excluding carboxylic acids is 1. The fourth-order valence-corrected chi connectivity index (χ4v) is 3.34. The first kappa shape index (κ1) is 19.7. The molecule has 2 aliphatic rings. The molecule has 3 N–H and O–H groups in total. The van der Waals surface area contributed by atoms with Crippen LogP contribution in [0.2, 0.25) is 0 Å². The number of hydrogen-bond donors (Lipinski definition) is 2. The lowest BCUT2D eigenvalue weighted by molar-refractivity contribution is -0.127. The first-order valence-corrected chi connectivity index (χ1v) is 8.41. The highest BCUT2D eigenvalue weighted by Gasteiger charge is 2.30. The molecule has 2 fully saturated rings. The van der Waals surface area contributed by atoms with Gasteiger partial charge in [0, 0.05) is 32.3 Å². The SMILES string of the molecule is CCCC(C)(N)C(=O)NC1CCN(CC2CCOC2)CC1.Cl. The Morgan fingerprint density at radius 3 is 2.59 bits per heavy atom. The molecule has 0 radical (unpaired) electrons. The van der Waals surface area contributed by atoms with E-state index in [0.29, 0.717) is 5.92 Å². The number of nitrogens with zero attached hydrogens (tertiary/aromatic N) is 1. The Hall–Kier alpha value is -0.360. The van der Waals surface area contributed by atoms with E-state index < -0.39 is 5.54 Å². The van der Waals surface area contributed by atoms with E-state index in [-0.39, 0.29) is 24.4 Å². The summed E-state index contributed by atoms with van der Waals surface area (Å²) >= 11 is 0. The summed E-state index contributed by atoms with van der Waals surface area (Å²) in [5.74, 6) is 0.708. The predicted molar refractivity (Wildman–Crippen MR) is 91.3 cm³/mol. The summed E-state index contributed by atoms with van der Waals surface area (Å²) in [5.41, 5.74) is 5.36. The van der Waals surface area contributed by atoms with Crippen molar-refractivity contribution in [2.24, 2.45) is 11.7 Å². The Balaban J connectivity index is 0.00000242. The third kappa shape index (κ3) is 5.69. The number of carbonyl (C=O) groups is 1. The van der Waals surface area contributed by atoms with E-state index >= 15 is 0 Å². The predicted octanol–water partition coefficient (Wildman–Crippen LogP) is 1.54. The van der Waals surface area contributed by atoms with E-state index in [1.165, 1.54) is 6.42 Å². The summed E-state index contributed by atoms with van der Waals surface area (Å²) in [7, 11) is 0. The molecular formula is C16H32ClN3O2. The number of amides is 1. The zero-order valence-corrected chi connectivity index (χ0v) is 14.8. The molecule has 22 heavy (non-hydrogen) atoms. The molecule has 0 spiro atoms. The topological polar surface area (TPSA) is 67.6 Å². The third-order valence-corrected chi connectivity index (χ3v) is 4.75. The standard InChI is InChI=1S/C16H31N3O2.ClH/c1-3-7-16(2,17)15(20)18-14-4-8-19(9-5-14)11-13-6-10-21-12-13;/h13-14H,3-12,17H2,1-2H3,(H,18,20);1H. The minimum absolute atomic E-state index is 0. The quantitative estimate of drug-likeness (QED) is 0.773. The summed E-state index contributed by atoms with van der Waals surface area (Å²) in [6.45, 7) is 9.01. The second-order valence-corrected chi connectivity index (χ2v) is 6.95. The molecule has 5 nitrogen and oxygen atoms in total. The van der Waals surface area contributed by atoms with Crippen molar-refractivity contribution in [1.29, 1.82) is 0 Å². The maximum atomic E-state index is 12.2. The van der Waals surface area contributed by atoms with Crippen LogP contribution in [0, 0.1) is 5.92 Å². The van der Waals surface area contributed by atoms with Gasteiger partial charge in [-0.3, -0.25) is 4.79 Å². The van der Waals surface area contributed by atoms with Crippen LogP contribution in [0.15, 0.2) is 0 Å². The van der Waals surface area contributed by atoms with Crippen LogP contribution in [-0.2, 0) is 9.53 Å². The van der Waals surface area contributed by atoms with Gasteiger partial charge in [-0.25, -0.2) is 0 Å². The molecule has 0 aromatic rings. The van der Waals surface area contributed by atoms with E-state index in [1.807, 2.05) is 6.92 Å². The van der Waals surface area contributed by atoms with Crippen molar-refractivity contribution >= 4 is 18.3 Å². The monoisotopic (exact) mass is 333 g/mol. The number of ether oxygens (including phenoxy) is 1. The van der Waals surface area contributed by atoms with Crippen LogP contribution in [0.25, 0.3) is 0 Å². The summed E-state index contributed by atoms with van der Waals surface area (Å²) in [6.07, 6.45) is 4.92. The Labute approximate surface area is 140 Å². The minimum atomic E-state index is -0.729. The molecule has 0 aromatic heterocycles. The van der Waals surface area contributed by atoms with Gasteiger partial charge >= 0.3 is 0 Å². The maximum Gasteiger partial charge on any atom is 0.240 e. The van der Waals surface area contributed by atoms with Gasteiger partial charge in [0.05, 0.1) is 12.1 Å². The van der Waals surface area contributed by atoms with Crippen molar-refractivity contribution in [3.05, 3.63) is 0 Å². The van der Waals surface area contributed by atoms with Crippen LogP contribution in [0.5, 0.6) is 0 Å². The third-order valence-electron chi connectivity index (χ3n) is 4.75. The first-order chi connectivity index (χ1) is 10.0. The Kier molecular flexibility index (Phi) is 8.11. The van der Waals surface area contributed by atoms with Crippen molar-refractivity contribution in [1.82, 2.24) is 10.2 Å². The fraction of sp³-hybridized carbons (Fsp3) is 0.938. The number of rotatable bonds is 6. The molecular weight excluding hydrogens is 302 g/mol. The van der Waals surface area contributed by atoms with Gasteiger partial charge < -0.3 is 20.7 Å². The fourth-order valence-electron chi connectivity index (χ4n) is 3.34. The molecule has 2 heterocycles. The zero-order valence-electron chi connectivity index (χ0n) is 14.0. The van der Waals surface area contributed by atoms with Crippen molar-refractivity contribution in [3.63, 3.8) is 0 Å². The summed E-state index contributed by atoms with van der Waals surface area (Å²) in [4.78, 5) is 14.7. The van der Waals surface area contributed by atoms with Gasteiger partial charge in [0.15, 0.2) is 0 Å². The van der Waals surface area contributed by atoms with Gasteiger partial charge in [-0.2, -0.15) is 0 Å². The number of halogens is 1. The molecule has 0 saturated carbocycles. The largest absolute Gasteiger partial charge is 0.381 e. The highest BCUT2D eigenvalue weighted by molar-refractivity contribution is 5.86. The van der Waals surface area contributed by atoms with Crippen LogP contribution >= 0.6 is 12.4 Å². The molecule has 0 bridgehead atoms. The molecule has 6 heteroatoms. The molecule has 2 unspecified atom stereocenters. The van der Waals surface area contributed by atoms with Gasteiger partial charge in [-0.1, -0.05) is 13.3 Å². The summed E-state index contributed by atoms with van der Waals surface area (Å²) < 4.78 is 5.44. The molecule has 0 aromatic carbocycles. The van der Waals surface area contributed by atoms with Gasteiger partial charge in [0.1, 0.15) is 0 Å². The maximum absolute atomic E-state index is 12.2. The summed E-state index contributed by atoms with van der Waals surface area (Å²) in [5, 5.41) is 3.14. The van der Waals surface area contributed by atoms with E-state index in [9.17, 15) is 4.79 Å². The lowest BCUT2D eigenvalue weighted by Crippen LogP contribution is -2.56. The number of piperidine rings is 1. The van der Waals surface area contributed by atoms with Crippen LogP contribution in [-0.4, -0.2) is 55.2 Å². The second kappa shape index (κ2) is 9.06. The van der Waals surface area contributed by atoms with Crippen molar-refractivity contribution in [2.45, 2.75) is 57.5 Å². The molecule has 2 saturated heterocycles. The van der Waals surface area contributed by atoms with E-state index in [2.05, 4.69) is 17.1 Å². The van der Waals surface area contributed by atoms with Gasteiger partial charge in [-0.05, 0) is 38.5 Å². The van der Waals surface area contributed by atoms with Crippen LogP contribution in [0.4, 0.5) is 0 Å². The van der Waals surface area contributed by atoms with Crippen molar-refractivity contribution < 1.29 is 9.53 Å². The molecule has 0 aliphatic carbocycles. The Morgan fingerprint density at radius 2 is 2.05 bits per heavy atom.